The summed E-state index contributed by atoms with van der Waals surface area (Å²) in [5.74, 6) is 6.56. The number of hydrogen-bond acceptors (Lipinski definition) is 6. The monoisotopic (exact) mass is 369 g/mol. The Morgan fingerprint density at radius 1 is 1.19 bits per heavy atom. The number of carbonyl (C=O) groups excluding carboxylic acids is 2. The van der Waals surface area contributed by atoms with E-state index in [1.165, 1.54) is 23.4 Å². The number of aromatic nitrogens is 4. The molecule has 8 heteroatoms. The molecule has 7 nitrogen and oxygen atoms in total. The van der Waals surface area contributed by atoms with E-state index in [1.807, 2.05) is 30.3 Å². The number of aryl methyl sites for hydroxylation is 1. The predicted molar refractivity (Wildman–Crippen MR) is 101 cm³/mol. The molecule has 3 rings (SSSR count). The molecule has 2 aromatic heterocycles. The second-order valence-corrected chi connectivity index (χ2v) is 6.88. The van der Waals surface area contributed by atoms with Crippen LogP contribution in [-0.4, -0.2) is 37.2 Å². The van der Waals surface area contributed by atoms with Gasteiger partial charge < -0.3 is 10.8 Å². The maximum Gasteiger partial charge on any atom is 0.210 e. The number of carbonyl (C=O) groups is 2. The number of thioether (sulfide) groups is 1. The molecule has 3 N–H and O–H groups in total. The molecule has 3 aromatic rings. The van der Waals surface area contributed by atoms with Gasteiger partial charge in [0, 0.05) is 16.8 Å². The van der Waals surface area contributed by atoms with Crippen LogP contribution in [0, 0.1) is 13.8 Å². The summed E-state index contributed by atoms with van der Waals surface area (Å²) < 4.78 is 1.38. The van der Waals surface area contributed by atoms with Gasteiger partial charge in [0.05, 0.1) is 11.4 Å². The van der Waals surface area contributed by atoms with E-state index in [0.29, 0.717) is 33.5 Å². The Kier molecular flexibility index (Phi) is 4.94. The number of ketones is 2. The van der Waals surface area contributed by atoms with E-state index in [0.717, 1.165) is 5.56 Å². The fourth-order valence-electron chi connectivity index (χ4n) is 2.92. The molecule has 0 atom stereocenters. The van der Waals surface area contributed by atoms with Gasteiger partial charge in [0.2, 0.25) is 5.16 Å². The van der Waals surface area contributed by atoms with Gasteiger partial charge in [-0.3, -0.25) is 9.59 Å². The topological polar surface area (TPSA) is 107 Å². The van der Waals surface area contributed by atoms with Crippen LogP contribution in [0.4, 0.5) is 0 Å². The van der Waals surface area contributed by atoms with Crippen molar-refractivity contribution in [3.8, 4) is 11.4 Å². The van der Waals surface area contributed by atoms with Crippen LogP contribution in [0.3, 0.4) is 0 Å². The summed E-state index contributed by atoms with van der Waals surface area (Å²) in [6.45, 7) is 5.06. The quantitative estimate of drug-likeness (QED) is 0.393. The lowest BCUT2D eigenvalue weighted by Gasteiger charge is -2.03. The lowest BCUT2D eigenvalue weighted by Crippen LogP contribution is -2.13. The first-order chi connectivity index (χ1) is 12.4. The number of hydrogen-bond donors (Lipinski definition) is 2. The molecular weight excluding hydrogens is 350 g/mol. The number of nitrogens with one attached hydrogen (secondary N) is 1. The molecule has 0 unspecified atom stereocenters. The molecule has 0 aliphatic rings. The number of nitrogens with two attached hydrogens (primary N) is 1. The zero-order valence-electron chi connectivity index (χ0n) is 14.7. The predicted octanol–water partition coefficient (Wildman–Crippen LogP) is 2.78. The summed E-state index contributed by atoms with van der Waals surface area (Å²) >= 11 is 1.21. The zero-order valence-corrected chi connectivity index (χ0v) is 15.6. The Morgan fingerprint density at radius 2 is 1.88 bits per heavy atom. The molecule has 0 aliphatic carbocycles. The van der Waals surface area contributed by atoms with E-state index >= 15 is 0 Å². The van der Waals surface area contributed by atoms with Crippen molar-refractivity contribution in [3.63, 3.8) is 0 Å². The molecule has 26 heavy (non-hydrogen) atoms. The SMILES string of the molecule is CC(=O)c1c(C)[nH]c(C(=O)CSc2nnc(-c3ccccc3)n2N)c1C. The van der Waals surface area contributed by atoms with Crippen molar-refractivity contribution in [2.24, 2.45) is 0 Å². The van der Waals surface area contributed by atoms with Gasteiger partial charge in [-0.25, -0.2) is 4.68 Å². The fourth-order valence-corrected chi connectivity index (χ4v) is 3.65. The van der Waals surface area contributed by atoms with E-state index in [4.69, 9.17) is 5.84 Å². The fraction of sp³-hybridized carbons (Fsp3) is 0.222. The molecule has 0 radical (unpaired) electrons. The van der Waals surface area contributed by atoms with Crippen molar-refractivity contribution in [1.82, 2.24) is 19.9 Å². The second kappa shape index (κ2) is 7.17. The van der Waals surface area contributed by atoms with Gasteiger partial charge in [-0.05, 0) is 26.3 Å². The van der Waals surface area contributed by atoms with E-state index in [-0.39, 0.29) is 17.3 Å². The lowest BCUT2D eigenvalue weighted by atomic mass is 10.1. The lowest BCUT2D eigenvalue weighted by molar-refractivity contribution is 0.101. The van der Waals surface area contributed by atoms with E-state index in [1.54, 1.807) is 13.8 Å². The van der Waals surface area contributed by atoms with E-state index in [9.17, 15) is 9.59 Å². The van der Waals surface area contributed by atoms with E-state index in [2.05, 4.69) is 15.2 Å². The van der Waals surface area contributed by atoms with Crippen LogP contribution in [0.25, 0.3) is 11.4 Å². The summed E-state index contributed by atoms with van der Waals surface area (Å²) in [6, 6.07) is 9.47. The van der Waals surface area contributed by atoms with Crippen LogP contribution in [0.5, 0.6) is 0 Å². The van der Waals surface area contributed by atoms with Crippen molar-refractivity contribution >= 4 is 23.3 Å². The highest BCUT2D eigenvalue weighted by Crippen LogP contribution is 2.24. The van der Waals surface area contributed by atoms with Crippen LogP contribution in [0.15, 0.2) is 35.5 Å². The largest absolute Gasteiger partial charge is 0.355 e. The van der Waals surface area contributed by atoms with Crippen LogP contribution in [-0.2, 0) is 0 Å². The van der Waals surface area contributed by atoms with Gasteiger partial charge in [0.1, 0.15) is 0 Å². The number of Topliss-reactive ketones (excluding diaryl/α,β-unsaturated/α-hetero) is 2. The van der Waals surface area contributed by atoms with Crippen molar-refractivity contribution in [3.05, 3.63) is 52.8 Å². The molecule has 1 aromatic carbocycles. The number of nitrogens with zero attached hydrogens (tertiary/aromatic N) is 3. The number of nitrogen functional groups attached to an aromatic ring is 1. The van der Waals surface area contributed by atoms with Crippen LogP contribution >= 0.6 is 11.8 Å². The Bertz CT molecular complexity index is 975. The third-order valence-electron chi connectivity index (χ3n) is 4.10. The molecule has 0 saturated heterocycles. The molecule has 0 saturated carbocycles. The van der Waals surface area contributed by atoms with Crippen molar-refractivity contribution in [2.45, 2.75) is 25.9 Å². The first-order valence-corrected chi connectivity index (χ1v) is 9.00. The van der Waals surface area contributed by atoms with Gasteiger partial charge >= 0.3 is 0 Å². The van der Waals surface area contributed by atoms with Crippen molar-refractivity contribution in [2.75, 3.05) is 11.6 Å². The van der Waals surface area contributed by atoms with Crippen LogP contribution in [0.2, 0.25) is 0 Å². The van der Waals surface area contributed by atoms with Gasteiger partial charge in [-0.15, -0.1) is 10.2 Å². The summed E-state index contributed by atoms with van der Waals surface area (Å²) in [4.78, 5) is 27.3. The molecule has 134 valence electrons. The third-order valence-corrected chi connectivity index (χ3v) is 5.04. The van der Waals surface area contributed by atoms with Crippen LogP contribution in [0.1, 0.15) is 39.0 Å². The van der Waals surface area contributed by atoms with Gasteiger partial charge in [-0.2, -0.15) is 0 Å². The minimum absolute atomic E-state index is 0.0582. The minimum Gasteiger partial charge on any atom is -0.355 e. The highest BCUT2D eigenvalue weighted by atomic mass is 32.2. The molecule has 0 spiro atoms. The average Bonchev–Trinajstić information content (AvgIpc) is 3.13. The summed E-state index contributed by atoms with van der Waals surface area (Å²) in [5, 5.41) is 8.61. The smallest absolute Gasteiger partial charge is 0.210 e. The molecule has 2 heterocycles. The third kappa shape index (κ3) is 3.28. The Hall–Kier alpha value is -2.87. The number of aromatic amines is 1. The standard InChI is InChI=1S/C18H19N5O2S/c1-10-15(12(3)24)11(2)20-16(10)14(25)9-26-18-22-21-17(23(18)19)13-7-5-4-6-8-13/h4-8,20H,9,19H2,1-3H3. The zero-order chi connectivity index (χ0) is 18.8. The first kappa shape index (κ1) is 17.9. The molecule has 0 bridgehead atoms. The van der Waals surface area contributed by atoms with E-state index < -0.39 is 0 Å². The van der Waals surface area contributed by atoms with Gasteiger partial charge in [0.15, 0.2) is 17.4 Å². The van der Waals surface area contributed by atoms with Crippen LogP contribution < -0.4 is 5.84 Å². The van der Waals surface area contributed by atoms with Gasteiger partial charge in [-0.1, -0.05) is 42.1 Å². The Labute approximate surface area is 155 Å². The second-order valence-electron chi connectivity index (χ2n) is 5.94. The maximum atomic E-state index is 12.6. The summed E-state index contributed by atoms with van der Waals surface area (Å²) in [6.07, 6.45) is 0. The van der Waals surface area contributed by atoms with Crippen molar-refractivity contribution in [1.29, 1.82) is 0 Å². The summed E-state index contributed by atoms with van der Waals surface area (Å²) in [7, 11) is 0. The first-order valence-electron chi connectivity index (χ1n) is 8.02. The highest BCUT2D eigenvalue weighted by Gasteiger charge is 2.21. The Balaban J connectivity index is 1.76. The molecular formula is C18H19N5O2S. The summed E-state index contributed by atoms with van der Waals surface area (Å²) in [5.41, 5.74) is 3.26. The normalized spacial score (nSPS) is 10.9. The number of H-pyrrole nitrogens is 1. The molecule has 0 amide bonds. The maximum absolute atomic E-state index is 12.6. The minimum atomic E-state index is -0.118. The number of benzene rings is 1. The highest BCUT2D eigenvalue weighted by molar-refractivity contribution is 7.99. The number of rotatable bonds is 6. The average molecular weight is 369 g/mol. The Morgan fingerprint density at radius 3 is 2.50 bits per heavy atom. The molecule has 0 aliphatic heterocycles. The molecule has 0 fully saturated rings. The van der Waals surface area contributed by atoms with Crippen molar-refractivity contribution < 1.29 is 9.59 Å². The van der Waals surface area contributed by atoms with Gasteiger partial charge in [0.25, 0.3) is 0 Å².